The second-order valence-corrected chi connectivity index (χ2v) is 12.3. The minimum atomic E-state index is -3.55. The number of carbonyl (C=O) groups is 1. The van der Waals surface area contributed by atoms with E-state index in [1.807, 2.05) is 43.3 Å². The molecule has 0 unspecified atom stereocenters. The number of nitrogens with zero attached hydrogens (tertiary/aromatic N) is 2. The van der Waals surface area contributed by atoms with Crippen LogP contribution in [-0.2, 0) is 30.5 Å². The first-order valence-corrected chi connectivity index (χ1v) is 13.4. The topological polar surface area (TPSA) is 79.0 Å². The zero-order valence-electron chi connectivity index (χ0n) is 20.7. The van der Waals surface area contributed by atoms with E-state index in [4.69, 9.17) is 4.74 Å². The van der Waals surface area contributed by atoms with Gasteiger partial charge in [-0.3, -0.25) is 9.69 Å². The highest BCUT2D eigenvalue weighted by Gasteiger charge is 2.42. The number of rotatable bonds is 6. The minimum Gasteiger partial charge on any atom is -0.363 e. The maximum atomic E-state index is 13.6. The van der Waals surface area contributed by atoms with E-state index in [1.54, 1.807) is 24.1 Å². The number of ether oxygens (including phenoxy) is 1. The fraction of sp³-hybridized carbons (Fsp3) is 0.500. The molecule has 2 aromatic carbocycles. The number of benzene rings is 2. The Hall–Kier alpha value is -2.26. The van der Waals surface area contributed by atoms with E-state index in [2.05, 4.69) is 31.0 Å². The zero-order chi connectivity index (χ0) is 24.7. The number of anilines is 1. The number of nitrogens with one attached hydrogen (secondary N) is 1. The molecule has 1 N–H and O–H groups in total. The molecule has 2 atom stereocenters. The van der Waals surface area contributed by atoms with Gasteiger partial charge in [0.1, 0.15) is 5.72 Å². The van der Waals surface area contributed by atoms with E-state index in [-0.39, 0.29) is 34.6 Å². The van der Waals surface area contributed by atoms with E-state index < -0.39 is 15.6 Å². The van der Waals surface area contributed by atoms with Crippen LogP contribution in [0.25, 0.3) is 0 Å². The second-order valence-electron chi connectivity index (χ2n) is 10.3. The SMILES string of the molecule is CO[C@]1(C)CN[C@H](C)CN1CC(=O)N1CC(C)(C)c2ccc(S(=O)(=O)Cc3ccccc3)cc21. The number of sulfone groups is 1. The molecule has 4 rings (SSSR count). The summed E-state index contributed by atoms with van der Waals surface area (Å²) >= 11 is 0. The molecular weight excluding hydrogens is 450 g/mol. The van der Waals surface area contributed by atoms with Crippen LogP contribution in [0.5, 0.6) is 0 Å². The summed E-state index contributed by atoms with van der Waals surface area (Å²) in [4.78, 5) is 17.6. The van der Waals surface area contributed by atoms with Crippen LogP contribution in [0.4, 0.5) is 5.69 Å². The van der Waals surface area contributed by atoms with Crippen LogP contribution < -0.4 is 10.2 Å². The largest absolute Gasteiger partial charge is 0.363 e. The Morgan fingerprint density at radius 3 is 2.53 bits per heavy atom. The van der Waals surface area contributed by atoms with Gasteiger partial charge in [-0.25, -0.2) is 8.42 Å². The zero-order valence-corrected chi connectivity index (χ0v) is 21.5. The summed E-state index contributed by atoms with van der Waals surface area (Å²) in [6.07, 6.45) is 0. The quantitative estimate of drug-likeness (QED) is 0.678. The summed E-state index contributed by atoms with van der Waals surface area (Å²) in [6.45, 7) is 10.3. The maximum absolute atomic E-state index is 13.6. The van der Waals surface area contributed by atoms with Crippen molar-refractivity contribution in [3.05, 3.63) is 59.7 Å². The molecule has 0 spiro atoms. The van der Waals surface area contributed by atoms with E-state index in [1.165, 1.54) is 0 Å². The van der Waals surface area contributed by atoms with E-state index >= 15 is 0 Å². The molecule has 2 heterocycles. The second kappa shape index (κ2) is 9.07. The van der Waals surface area contributed by atoms with E-state index in [9.17, 15) is 13.2 Å². The van der Waals surface area contributed by atoms with Crippen LogP contribution in [0, 0.1) is 0 Å². The normalized spacial score (nSPS) is 24.7. The van der Waals surface area contributed by atoms with Gasteiger partial charge in [-0.05, 0) is 37.1 Å². The molecule has 7 nitrogen and oxygen atoms in total. The first kappa shape index (κ1) is 24.9. The smallest absolute Gasteiger partial charge is 0.241 e. The lowest BCUT2D eigenvalue weighted by Gasteiger charge is -2.46. The fourth-order valence-electron chi connectivity index (χ4n) is 4.91. The molecule has 1 amide bonds. The Morgan fingerprint density at radius 1 is 1.15 bits per heavy atom. The van der Waals surface area contributed by atoms with Gasteiger partial charge in [0.15, 0.2) is 9.84 Å². The Bertz CT molecular complexity index is 1170. The first-order chi connectivity index (χ1) is 15.9. The molecule has 2 aromatic rings. The van der Waals surface area contributed by atoms with E-state index in [0.29, 0.717) is 25.3 Å². The van der Waals surface area contributed by atoms with Gasteiger partial charge in [0.05, 0.1) is 17.2 Å². The summed E-state index contributed by atoms with van der Waals surface area (Å²) in [5.74, 6) is -0.128. The standard InChI is InChI=1S/C26H35N3O4S/c1-19-14-28(26(4,33-5)17-27-19)15-24(30)29-18-25(2,3)22-12-11-21(13-23(22)29)34(31,32)16-20-9-7-6-8-10-20/h6-13,19,27H,14-18H2,1-5H3/t19-,26-/m1/s1. The number of amides is 1. The Kier molecular flexibility index (Phi) is 6.63. The molecule has 2 aliphatic heterocycles. The molecule has 0 bridgehead atoms. The Morgan fingerprint density at radius 2 is 1.85 bits per heavy atom. The highest BCUT2D eigenvalue weighted by molar-refractivity contribution is 7.90. The number of carbonyl (C=O) groups excluding carboxylic acids is 1. The van der Waals surface area contributed by atoms with Crippen molar-refractivity contribution in [2.45, 2.75) is 55.5 Å². The summed E-state index contributed by atoms with van der Waals surface area (Å²) in [7, 11) is -1.89. The van der Waals surface area contributed by atoms with Crippen molar-refractivity contribution in [2.24, 2.45) is 0 Å². The van der Waals surface area contributed by atoms with Crippen molar-refractivity contribution in [2.75, 3.05) is 38.2 Å². The van der Waals surface area contributed by atoms with Crippen molar-refractivity contribution in [1.29, 1.82) is 0 Å². The highest BCUT2D eigenvalue weighted by atomic mass is 32.2. The number of hydrogen-bond acceptors (Lipinski definition) is 6. The van der Waals surface area contributed by atoms with Crippen molar-refractivity contribution in [1.82, 2.24) is 10.2 Å². The molecule has 184 valence electrons. The third kappa shape index (κ3) is 4.77. The molecule has 0 aromatic heterocycles. The van der Waals surface area contributed by atoms with Crippen LogP contribution >= 0.6 is 0 Å². The third-order valence-corrected chi connectivity index (χ3v) is 8.80. The summed E-state index contributed by atoms with van der Waals surface area (Å²) in [5.41, 5.74) is 1.56. The predicted octanol–water partition coefficient (Wildman–Crippen LogP) is 2.94. The van der Waals surface area contributed by atoms with Crippen LogP contribution in [0.15, 0.2) is 53.4 Å². The third-order valence-electron chi connectivity index (χ3n) is 7.11. The number of fused-ring (bicyclic) bond motifs is 1. The summed E-state index contributed by atoms with van der Waals surface area (Å²) in [6, 6.07) is 14.6. The molecule has 1 saturated heterocycles. The van der Waals surface area contributed by atoms with E-state index in [0.717, 1.165) is 11.1 Å². The van der Waals surface area contributed by atoms with Crippen LogP contribution in [-0.4, -0.2) is 64.3 Å². The van der Waals surface area contributed by atoms with Crippen LogP contribution in [0.1, 0.15) is 38.8 Å². The van der Waals surface area contributed by atoms with Gasteiger partial charge in [0.25, 0.3) is 0 Å². The van der Waals surface area contributed by atoms with Gasteiger partial charge >= 0.3 is 0 Å². The predicted molar refractivity (Wildman–Crippen MR) is 134 cm³/mol. The molecule has 0 radical (unpaired) electrons. The maximum Gasteiger partial charge on any atom is 0.241 e. The average Bonchev–Trinajstić information content (AvgIpc) is 3.07. The van der Waals surface area contributed by atoms with Crippen molar-refractivity contribution >= 4 is 21.4 Å². The lowest BCUT2D eigenvalue weighted by atomic mass is 9.87. The van der Waals surface area contributed by atoms with Crippen LogP contribution in [0.3, 0.4) is 0 Å². The monoisotopic (exact) mass is 485 g/mol. The minimum absolute atomic E-state index is 0.0539. The average molecular weight is 486 g/mol. The van der Waals surface area contributed by atoms with Crippen molar-refractivity contribution in [3.8, 4) is 0 Å². The molecular formula is C26H35N3O4S. The highest BCUT2D eigenvalue weighted by Crippen LogP contribution is 2.42. The Balaban J connectivity index is 1.63. The van der Waals surface area contributed by atoms with Gasteiger partial charge in [0.2, 0.25) is 5.91 Å². The van der Waals surface area contributed by atoms with Crippen molar-refractivity contribution < 1.29 is 17.9 Å². The van der Waals surface area contributed by atoms with Gasteiger partial charge in [-0.2, -0.15) is 0 Å². The van der Waals surface area contributed by atoms with Gasteiger partial charge in [-0.15, -0.1) is 0 Å². The van der Waals surface area contributed by atoms with Gasteiger partial charge < -0.3 is 15.0 Å². The molecule has 0 aliphatic carbocycles. The molecule has 2 aliphatic rings. The molecule has 8 heteroatoms. The fourth-order valence-corrected chi connectivity index (χ4v) is 6.28. The van der Waals surface area contributed by atoms with Crippen LogP contribution in [0.2, 0.25) is 0 Å². The lowest BCUT2D eigenvalue weighted by Crippen LogP contribution is -2.65. The first-order valence-electron chi connectivity index (χ1n) is 11.7. The molecule has 1 fully saturated rings. The number of methoxy groups -OCH3 is 1. The number of piperazine rings is 1. The molecule has 34 heavy (non-hydrogen) atoms. The van der Waals surface area contributed by atoms with Gasteiger partial charge in [0, 0.05) is 43.9 Å². The van der Waals surface area contributed by atoms with Gasteiger partial charge in [-0.1, -0.05) is 50.2 Å². The lowest BCUT2D eigenvalue weighted by molar-refractivity contribution is -0.150. The van der Waals surface area contributed by atoms with Crippen molar-refractivity contribution in [3.63, 3.8) is 0 Å². The molecule has 0 saturated carbocycles. The Labute approximate surface area is 203 Å². The number of hydrogen-bond donors (Lipinski definition) is 1. The summed E-state index contributed by atoms with van der Waals surface area (Å²) < 4.78 is 32.1. The summed E-state index contributed by atoms with van der Waals surface area (Å²) in [5, 5.41) is 3.41.